The molecule has 30 heavy (non-hydrogen) atoms. The summed E-state index contributed by atoms with van der Waals surface area (Å²) in [4.78, 5) is 21.4. The summed E-state index contributed by atoms with van der Waals surface area (Å²) in [7, 11) is 0. The zero-order chi connectivity index (χ0) is 20.8. The first-order valence-electron chi connectivity index (χ1n) is 9.96. The molecule has 0 spiro atoms. The maximum atomic E-state index is 12.2. The summed E-state index contributed by atoms with van der Waals surface area (Å²) in [6.45, 7) is 4.84. The van der Waals surface area contributed by atoms with Crippen LogP contribution in [0.15, 0.2) is 72.9 Å². The summed E-state index contributed by atoms with van der Waals surface area (Å²) in [6, 6.07) is 20.8. The third-order valence-electron chi connectivity index (χ3n) is 5.05. The van der Waals surface area contributed by atoms with Gasteiger partial charge in [0.15, 0.2) is 0 Å². The number of nitrogens with one attached hydrogen (secondary N) is 2. The van der Waals surface area contributed by atoms with Crippen molar-refractivity contribution in [3.8, 4) is 0 Å². The van der Waals surface area contributed by atoms with E-state index >= 15 is 0 Å². The van der Waals surface area contributed by atoms with Crippen LogP contribution < -0.4 is 15.5 Å². The number of aromatic nitrogens is 1. The predicted molar refractivity (Wildman–Crippen MR) is 122 cm³/mol. The Bertz CT molecular complexity index is 972. The van der Waals surface area contributed by atoms with Crippen LogP contribution in [0.4, 0.5) is 22.0 Å². The molecule has 154 valence electrons. The summed E-state index contributed by atoms with van der Waals surface area (Å²) < 4.78 is 0. The van der Waals surface area contributed by atoms with Gasteiger partial charge in [-0.05, 0) is 48.0 Å². The van der Waals surface area contributed by atoms with Crippen molar-refractivity contribution >= 4 is 34.8 Å². The van der Waals surface area contributed by atoms with Crippen LogP contribution in [0.1, 0.15) is 5.56 Å². The molecule has 2 N–H and O–H groups in total. The second kappa shape index (κ2) is 9.61. The second-order valence-electron chi connectivity index (χ2n) is 7.24. The number of urea groups is 1. The van der Waals surface area contributed by atoms with E-state index in [1.807, 2.05) is 30.5 Å². The van der Waals surface area contributed by atoms with Crippen LogP contribution in [0.25, 0.3) is 0 Å². The van der Waals surface area contributed by atoms with E-state index in [9.17, 15) is 4.79 Å². The van der Waals surface area contributed by atoms with Gasteiger partial charge in [0.25, 0.3) is 0 Å². The smallest absolute Gasteiger partial charge is 0.323 e. The average molecular weight is 422 g/mol. The monoisotopic (exact) mass is 421 g/mol. The van der Waals surface area contributed by atoms with Crippen LogP contribution in [-0.2, 0) is 6.54 Å². The number of halogens is 1. The number of carbonyl (C=O) groups excluding carboxylic acids is 1. The van der Waals surface area contributed by atoms with Crippen molar-refractivity contribution in [2.45, 2.75) is 6.54 Å². The first kappa shape index (κ1) is 20.2. The Morgan fingerprint density at radius 3 is 2.37 bits per heavy atom. The number of hydrogen-bond donors (Lipinski definition) is 2. The minimum Gasteiger partial charge on any atom is -0.354 e. The van der Waals surface area contributed by atoms with Crippen LogP contribution in [0.3, 0.4) is 0 Å². The largest absolute Gasteiger partial charge is 0.354 e. The Kier molecular flexibility index (Phi) is 6.47. The lowest BCUT2D eigenvalue weighted by atomic mass is 10.1. The van der Waals surface area contributed by atoms with Gasteiger partial charge in [-0.15, -0.1) is 0 Å². The number of carbonyl (C=O) groups is 1. The zero-order valence-corrected chi connectivity index (χ0v) is 17.3. The lowest BCUT2D eigenvalue weighted by Gasteiger charge is -2.35. The molecule has 7 heteroatoms. The maximum Gasteiger partial charge on any atom is 0.323 e. The molecule has 1 aliphatic rings. The fourth-order valence-corrected chi connectivity index (χ4v) is 3.68. The summed E-state index contributed by atoms with van der Waals surface area (Å²) in [5.74, 6) is 1.05. The molecule has 3 aromatic rings. The summed E-state index contributed by atoms with van der Waals surface area (Å²) >= 11 is 5.94. The van der Waals surface area contributed by atoms with Crippen molar-refractivity contribution in [2.75, 3.05) is 41.7 Å². The fourth-order valence-electron chi connectivity index (χ4n) is 3.49. The molecule has 0 radical (unpaired) electrons. The molecule has 4 rings (SSSR count). The average Bonchev–Trinajstić information content (AvgIpc) is 2.76. The molecule has 0 bridgehead atoms. The molecular weight excluding hydrogens is 398 g/mol. The molecule has 0 aliphatic carbocycles. The van der Waals surface area contributed by atoms with Gasteiger partial charge in [-0.25, -0.2) is 9.78 Å². The number of anilines is 3. The minimum atomic E-state index is -0.296. The quantitative estimate of drug-likeness (QED) is 0.626. The van der Waals surface area contributed by atoms with Crippen molar-refractivity contribution in [1.82, 2.24) is 9.88 Å². The molecule has 1 aliphatic heterocycles. The van der Waals surface area contributed by atoms with E-state index in [0.29, 0.717) is 10.7 Å². The van der Waals surface area contributed by atoms with Gasteiger partial charge in [0.05, 0.1) is 0 Å². The van der Waals surface area contributed by atoms with Gasteiger partial charge in [-0.1, -0.05) is 35.9 Å². The maximum absolute atomic E-state index is 12.2. The number of piperazine rings is 1. The summed E-state index contributed by atoms with van der Waals surface area (Å²) in [5.41, 5.74) is 2.63. The van der Waals surface area contributed by atoms with Gasteiger partial charge in [0.2, 0.25) is 0 Å². The van der Waals surface area contributed by atoms with Crippen molar-refractivity contribution in [1.29, 1.82) is 0 Å². The fraction of sp³-hybridized carbons (Fsp3) is 0.217. The van der Waals surface area contributed by atoms with E-state index in [4.69, 9.17) is 11.6 Å². The third kappa shape index (κ3) is 5.49. The Balaban J connectivity index is 1.25. The van der Waals surface area contributed by atoms with E-state index < -0.39 is 0 Å². The number of benzene rings is 2. The Hall–Kier alpha value is -3.09. The SMILES string of the molecule is O=C(Nc1ccc(CN2CCN(c3ccccn3)CC2)cc1)Nc1cccc(Cl)c1. The molecule has 2 amide bonds. The predicted octanol–water partition coefficient (Wildman–Crippen LogP) is 4.70. The van der Waals surface area contributed by atoms with E-state index in [1.165, 1.54) is 5.56 Å². The van der Waals surface area contributed by atoms with Gasteiger partial charge in [0.1, 0.15) is 5.82 Å². The second-order valence-corrected chi connectivity index (χ2v) is 7.67. The molecule has 1 aromatic heterocycles. The van der Waals surface area contributed by atoms with Crippen LogP contribution in [-0.4, -0.2) is 42.1 Å². The Morgan fingerprint density at radius 1 is 0.900 bits per heavy atom. The molecule has 1 saturated heterocycles. The third-order valence-corrected chi connectivity index (χ3v) is 5.28. The van der Waals surface area contributed by atoms with Crippen molar-refractivity contribution < 1.29 is 4.79 Å². The van der Waals surface area contributed by atoms with Crippen LogP contribution in [0.5, 0.6) is 0 Å². The lowest BCUT2D eigenvalue weighted by molar-refractivity contribution is 0.249. The normalized spacial score (nSPS) is 14.4. The number of nitrogens with zero attached hydrogens (tertiary/aromatic N) is 3. The van der Waals surface area contributed by atoms with Gasteiger partial charge in [0, 0.05) is 55.3 Å². The lowest BCUT2D eigenvalue weighted by Crippen LogP contribution is -2.46. The first-order valence-corrected chi connectivity index (χ1v) is 10.3. The highest BCUT2D eigenvalue weighted by Gasteiger charge is 2.17. The van der Waals surface area contributed by atoms with Gasteiger partial charge < -0.3 is 15.5 Å². The molecule has 2 aromatic carbocycles. The summed E-state index contributed by atoms with van der Waals surface area (Å²) in [5, 5.41) is 6.20. The highest BCUT2D eigenvalue weighted by atomic mass is 35.5. The van der Waals surface area contributed by atoms with Crippen molar-refractivity contribution in [2.24, 2.45) is 0 Å². The van der Waals surface area contributed by atoms with Gasteiger partial charge >= 0.3 is 6.03 Å². The molecule has 6 nitrogen and oxygen atoms in total. The van der Waals surface area contributed by atoms with E-state index in [0.717, 1.165) is 44.2 Å². The van der Waals surface area contributed by atoms with E-state index in [2.05, 4.69) is 43.6 Å². The van der Waals surface area contributed by atoms with Crippen LogP contribution >= 0.6 is 11.6 Å². The van der Waals surface area contributed by atoms with Gasteiger partial charge in [-0.2, -0.15) is 0 Å². The highest BCUT2D eigenvalue weighted by molar-refractivity contribution is 6.30. The van der Waals surface area contributed by atoms with Crippen molar-refractivity contribution in [3.63, 3.8) is 0 Å². The van der Waals surface area contributed by atoms with Crippen LogP contribution in [0, 0.1) is 0 Å². The molecular formula is C23H24ClN5O. The molecule has 1 fully saturated rings. The zero-order valence-electron chi connectivity index (χ0n) is 16.6. The minimum absolute atomic E-state index is 0.296. The molecule has 0 unspecified atom stereocenters. The van der Waals surface area contributed by atoms with Crippen molar-refractivity contribution in [3.05, 3.63) is 83.5 Å². The van der Waals surface area contributed by atoms with E-state index in [-0.39, 0.29) is 6.03 Å². The molecule has 0 atom stereocenters. The number of rotatable bonds is 5. The van der Waals surface area contributed by atoms with Gasteiger partial charge in [-0.3, -0.25) is 4.90 Å². The number of pyridine rings is 1. The first-order chi connectivity index (χ1) is 14.7. The topological polar surface area (TPSA) is 60.5 Å². The van der Waals surface area contributed by atoms with E-state index in [1.54, 1.807) is 24.3 Å². The summed E-state index contributed by atoms with van der Waals surface area (Å²) in [6.07, 6.45) is 1.84. The molecule has 0 saturated carbocycles. The van der Waals surface area contributed by atoms with Crippen LogP contribution in [0.2, 0.25) is 5.02 Å². The standard InChI is InChI=1S/C23H24ClN5O/c24-19-4-3-5-21(16-19)27-23(30)26-20-9-7-18(8-10-20)17-28-12-14-29(15-13-28)22-6-1-2-11-25-22/h1-11,16H,12-15,17H2,(H2,26,27,30). The Morgan fingerprint density at radius 2 is 1.67 bits per heavy atom. The number of amides is 2. The molecule has 2 heterocycles. The number of hydrogen-bond acceptors (Lipinski definition) is 4. The Labute approximate surface area is 181 Å². The highest BCUT2D eigenvalue weighted by Crippen LogP contribution is 2.17.